The highest BCUT2D eigenvalue weighted by molar-refractivity contribution is 6.30. The minimum atomic E-state index is -1.28. The molecule has 7 nitrogen and oxygen atoms in total. The van der Waals surface area contributed by atoms with Gasteiger partial charge in [-0.1, -0.05) is 11.6 Å². The highest BCUT2D eigenvalue weighted by Gasteiger charge is 2.27. The molecular formula is C21H21ClFN3O4. The Hall–Kier alpha value is -3.13. The Labute approximate surface area is 177 Å². The molecular weight excluding hydrogens is 413 g/mol. The molecule has 0 aliphatic heterocycles. The van der Waals surface area contributed by atoms with Gasteiger partial charge in [-0.2, -0.15) is 0 Å². The number of fused-ring (bicyclic) bond motifs is 1. The van der Waals surface area contributed by atoms with Crippen LogP contribution >= 0.6 is 11.6 Å². The largest absolute Gasteiger partial charge is 0.480 e. The van der Waals surface area contributed by atoms with Crippen molar-refractivity contribution in [3.63, 3.8) is 0 Å². The van der Waals surface area contributed by atoms with Crippen LogP contribution < -0.4 is 5.32 Å². The molecule has 0 saturated carbocycles. The molecule has 158 valence electrons. The van der Waals surface area contributed by atoms with E-state index in [4.69, 9.17) is 16.3 Å². The average Bonchev–Trinajstić information content (AvgIpc) is 2.98. The second kappa shape index (κ2) is 8.31. The summed E-state index contributed by atoms with van der Waals surface area (Å²) in [6.45, 7) is 5.05. The van der Waals surface area contributed by atoms with Crippen LogP contribution in [-0.2, 0) is 16.0 Å². The SMILES string of the molecule is CC(C)(C)OC(=O)NC(Cc1c(-c2ccc(F)cc2)nc2ccc(Cl)cn12)C(=O)O. The van der Waals surface area contributed by atoms with Gasteiger partial charge in [0.2, 0.25) is 0 Å². The van der Waals surface area contributed by atoms with E-state index >= 15 is 0 Å². The van der Waals surface area contributed by atoms with Gasteiger partial charge < -0.3 is 19.6 Å². The maximum Gasteiger partial charge on any atom is 0.408 e. The maximum atomic E-state index is 13.4. The first-order valence-electron chi connectivity index (χ1n) is 9.18. The normalized spacial score (nSPS) is 12.6. The summed E-state index contributed by atoms with van der Waals surface area (Å²) in [5, 5.41) is 12.5. The third-order valence-electron chi connectivity index (χ3n) is 4.19. The molecule has 3 aromatic rings. The first kappa shape index (κ1) is 21.6. The number of imidazole rings is 1. The van der Waals surface area contributed by atoms with E-state index < -0.39 is 29.5 Å². The van der Waals surface area contributed by atoms with E-state index in [1.165, 1.54) is 12.1 Å². The molecule has 3 rings (SSSR count). The number of amides is 1. The first-order chi connectivity index (χ1) is 14.0. The molecule has 0 bridgehead atoms. The summed E-state index contributed by atoms with van der Waals surface area (Å²) in [6, 6.07) is 7.77. The van der Waals surface area contributed by atoms with Crippen molar-refractivity contribution in [1.29, 1.82) is 0 Å². The standard InChI is InChI=1S/C21H21ClFN3O4/c1-21(2,3)30-20(29)24-15(19(27)28)10-16-18(12-4-7-14(23)8-5-12)25-17-9-6-13(22)11-26(16)17/h4-9,11,15H,10H2,1-3H3,(H,24,29)(H,27,28). The Bertz CT molecular complexity index is 1090. The molecule has 0 saturated heterocycles. The first-order valence-corrected chi connectivity index (χ1v) is 9.56. The lowest BCUT2D eigenvalue weighted by Gasteiger charge is -2.22. The highest BCUT2D eigenvalue weighted by atomic mass is 35.5. The van der Waals surface area contributed by atoms with Gasteiger partial charge in [0.25, 0.3) is 0 Å². The Morgan fingerprint density at radius 3 is 2.50 bits per heavy atom. The van der Waals surface area contributed by atoms with Gasteiger partial charge in [0.05, 0.1) is 16.4 Å². The summed E-state index contributed by atoms with van der Waals surface area (Å²) in [5.74, 6) is -1.63. The van der Waals surface area contributed by atoms with E-state index in [-0.39, 0.29) is 6.42 Å². The lowest BCUT2D eigenvalue weighted by Crippen LogP contribution is -2.44. The van der Waals surface area contributed by atoms with Crippen LogP contribution in [-0.4, -0.2) is 38.2 Å². The van der Waals surface area contributed by atoms with Gasteiger partial charge in [0.15, 0.2) is 0 Å². The number of carboxylic acid groups (broad SMARTS) is 1. The molecule has 0 fully saturated rings. The van der Waals surface area contributed by atoms with E-state index in [9.17, 15) is 19.1 Å². The minimum Gasteiger partial charge on any atom is -0.480 e. The molecule has 1 amide bonds. The summed E-state index contributed by atoms with van der Waals surface area (Å²) in [5.41, 5.74) is 1.34. The molecule has 1 atom stereocenters. The minimum absolute atomic E-state index is 0.0944. The molecule has 2 N–H and O–H groups in total. The van der Waals surface area contributed by atoms with Crippen molar-refractivity contribution in [2.24, 2.45) is 0 Å². The van der Waals surface area contributed by atoms with Gasteiger partial charge in [-0.25, -0.2) is 19.0 Å². The van der Waals surface area contributed by atoms with Crippen molar-refractivity contribution >= 4 is 29.3 Å². The zero-order valence-electron chi connectivity index (χ0n) is 16.6. The molecule has 0 aliphatic carbocycles. The number of halogens is 2. The number of nitrogens with one attached hydrogen (secondary N) is 1. The lowest BCUT2D eigenvalue weighted by molar-refractivity contribution is -0.139. The molecule has 30 heavy (non-hydrogen) atoms. The van der Waals surface area contributed by atoms with Crippen molar-refractivity contribution < 1.29 is 23.8 Å². The summed E-state index contributed by atoms with van der Waals surface area (Å²) in [4.78, 5) is 28.5. The van der Waals surface area contributed by atoms with Crippen molar-refractivity contribution in [1.82, 2.24) is 14.7 Å². The fourth-order valence-electron chi connectivity index (χ4n) is 2.94. The molecule has 0 spiro atoms. The molecule has 9 heteroatoms. The monoisotopic (exact) mass is 433 g/mol. The number of benzene rings is 1. The maximum absolute atomic E-state index is 13.4. The summed E-state index contributed by atoms with van der Waals surface area (Å²) in [6.07, 6.45) is 0.673. The van der Waals surface area contributed by atoms with Gasteiger partial charge in [0.1, 0.15) is 23.1 Å². The van der Waals surface area contributed by atoms with Crippen molar-refractivity contribution in [2.45, 2.75) is 38.8 Å². The van der Waals surface area contributed by atoms with Crippen LogP contribution in [0.2, 0.25) is 5.02 Å². The number of rotatable bonds is 5. The van der Waals surface area contributed by atoms with Gasteiger partial charge in [-0.05, 0) is 57.2 Å². The summed E-state index contributed by atoms with van der Waals surface area (Å²) in [7, 11) is 0. The number of ether oxygens (including phenoxy) is 1. The number of alkyl carbamates (subject to hydrolysis) is 1. The van der Waals surface area contributed by atoms with E-state index in [2.05, 4.69) is 10.3 Å². The number of carbonyl (C=O) groups excluding carboxylic acids is 1. The molecule has 0 radical (unpaired) electrons. The fraction of sp³-hybridized carbons (Fsp3) is 0.286. The predicted molar refractivity (Wildman–Crippen MR) is 110 cm³/mol. The Kier molecular flexibility index (Phi) is 5.98. The van der Waals surface area contributed by atoms with E-state index in [0.29, 0.717) is 27.6 Å². The van der Waals surface area contributed by atoms with Crippen LogP contribution in [0.3, 0.4) is 0 Å². The van der Waals surface area contributed by atoms with Crippen LogP contribution in [0.1, 0.15) is 26.5 Å². The topological polar surface area (TPSA) is 92.9 Å². The molecule has 0 aliphatic rings. The number of nitrogens with zero attached hydrogens (tertiary/aromatic N) is 2. The Morgan fingerprint density at radius 2 is 1.90 bits per heavy atom. The van der Waals surface area contributed by atoms with E-state index in [0.717, 1.165) is 0 Å². The van der Waals surface area contributed by atoms with Gasteiger partial charge >= 0.3 is 12.1 Å². The summed E-state index contributed by atoms with van der Waals surface area (Å²) < 4.78 is 20.2. The van der Waals surface area contributed by atoms with Gasteiger partial charge in [0, 0.05) is 18.2 Å². The van der Waals surface area contributed by atoms with Crippen molar-refractivity contribution in [3.05, 3.63) is 59.1 Å². The van der Waals surface area contributed by atoms with Crippen LogP contribution in [0.4, 0.5) is 9.18 Å². The van der Waals surface area contributed by atoms with Crippen LogP contribution in [0.5, 0.6) is 0 Å². The van der Waals surface area contributed by atoms with Crippen LogP contribution in [0.25, 0.3) is 16.9 Å². The van der Waals surface area contributed by atoms with Gasteiger partial charge in [-0.15, -0.1) is 0 Å². The Balaban J connectivity index is 2.02. The smallest absolute Gasteiger partial charge is 0.408 e. The number of pyridine rings is 1. The number of carboxylic acids is 1. The number of hydrogen-bond acceptors (Lipinski definition) is 4. The lowest BCUT2D eigenvalue weighted by atomic mass is 10.0. The number of aliphatic carboxylic acids is 1. The fourth-order valence-corrected chi connectivity index (χ4v) is 3.11. The summed E-state index contributed by atoms with van der Waals surface area (Å²) >= 11 is 6.12. The average molecular weight is 434 g/mol. The second-order valence-corrected chi connectivity index (χ2v) is 8.17. The zero-order chi connectivity index (χ0) is 22.1. The second-order valence-electron chi connectivity index (χ2n) is 7.73. The number of hydrogen-bond donors (Lipinski definition) is 2. The molecule has 2 heterocycles. The molecule has 1 aromatic carbocycles. The zero-order valence-corrected chi connectivity index (χ0v) is 17.4. The Morgan fingerprint density at radius 1 is 1.23 bits per heavy atom. The van der Waals surface area contributed by atoms with E-state index in [1.807, 2.05) is 0 Å². The molecule has 2 aromatic heterocycles. The van der Waals surface area contributed by atoms with Crippen molar-refractivity contribution in [2.75, 3.05) is 0 Å². The predicted octanol–water partition coefficient (Wildman–Crippen LogP) is 4.31. The highest BCUT2D eigenvalue weighted by Crippen LogP contribution is 2.27. The third kappa shape index (κ3) is 5.07. The third-order valence-corrected chi connectivity index (χ3v) is 4.41. The van der Waals surface area contributed by atoms with Crippen LogP contribution in [0, 0.1) is 5.82 Å². The van der Waals surface area contributed by atoms with Crippen molar-refractivity contribution in [3.8, 4) is 11.3 Å². The molecule has 1 unspecified atom stereocenters. The van der Waals surface area contributed by atoms with Gasteiger partial charge in [-0.3, -0.25) is 0 Å². The number of aromatic nitrogens is 2. The number of carbonyl (C=O) groups is 2. The van der Waals surface area contributed by atoms with E-state index in [1.54, 1.807) is 55.6 Å². The quantitative estimate of drug-likeness (QED) is 0.625. The van der Waals surface area contributed by atoms with Crippen LogP contribution in [0.15, 0.2) is 42.6 Å².